The number of amides is 2. The number of aromatic nitrogens is 1. The fourth-order valence-electron chi connectivity index (χ4n) is 2.25. The number of carbonyl (C=O) groups excluding carboxylic acids is 2. The normalized spacial score (nSPS) is 11.5. The largest absolute Gasteiger partial charge is 0.459 e. The van der Waals surface area contributed by atoms with Crippen LogP contribution in [0.4, 0.5) is 0 Å². The summed E-state index contributed by atoms with van der Waals surface area (Å²) in [6.45, 7) is 0.442. The molecule has 122 valence electrons. The van der Waals surface area contributed by atoms with Gasteiger partial charge in [0.2, 0.25) is 0 Å². The highest BCUT2D eigenvalue weighted by atomic mass is 32.1. The lowest BCUT2D eigenvalue weighted by Gasteiger charge is -2.09. The van der Waals surface area contributed by atoms with E-state index >= 15 is 0 Å². The summed E-state index contributed by atoms with van der Waals surface area (Å²) in [7, 11) is 1.60. The molecule has 1 N–H and O–H groups in total. The Bertz CT molecular complexity index is 922. The molecule has 2 heterocycles. The van der Waals surface area contributed by atoms with Crippen molar-refractivity contribution in [1.29, 1.82) is 0 Å². The highest BCUT2D eigenvalue weighted by Gasteiger charge is 2.11. The molecule has 0 aliphatic heterocycles. The fraction of sp³-hybridized carbons (Fsp3) is 0.118. The van der Waals surface area contributed by atoms with Gasteiger partial charge in [0.25, 0.3) is 5.91 Å². The lowest BCUT2D eigenvalue weighted by molar-refractivity contribution is 0.0957. The Morgan fingerprint density at radius 3 is 2.83 bits per heavy atom. The smallest absolute Gasteiger partial charge is 0.315 e. The minimum atomic E-state index is -0.434. The molecule has 2 amide bonds. The monoisotopic (exact) mass is 341 g/mol. The topological polar surface area (TPSA) is 76.6 Å². The first kappa shape index (κ1) is 15.9. The molecule has 0 saturated carbocycles. The lowest BCUT2D eigenvalue weighted by Crippen LogP contribution is -2.22. The number of nitrogens with zero attached hydrogens (tertiary/aromatic N) is 2. The van der Waals surface area contributed by atoms with Crippen molar-refractivity contribution >= 4 is 23.2 Å². The number of hydrogen-bond donors (Lipinski definition) is 1. The van der Waals surface area contributed by atoms with Crippen LogP contribution in [0.15, 0.2) is 63.6 Å². The molecule has 0 fully saturated rings. The third-order valence-electron chi connectivity index (χ3n) is 3.42. The van der Waals surface area contributed by atoms with Crippen LogP contribution in [0.3, 0.4) is 0 Å². The molecule has 0 bridgehead atoms. The molecule has 0 unspecified atom stereocenters. The van der Waals surface area contributed by atoms with E-state index < -0.39 is 5.91 Å². The average molecular weight is 341 g/mol. The molecule has 0 aliphatic rings. The molecule has 2 aromatic heterocycles. The van der Waals surface area contributed by atoms with E-state index in [-0.39, 0.29) is 11.7 Å². The van der Waals surface area contributed by atoms with Crippen LogP contribution in [0.5, 0.6) is 0 Å². The van der Waals surface area contributed by atoms with Gasteiger partial charge >= 0.3 is 5.91 Å². The Morgan fingerprint density at radius 1 is 1.25 bits per heavy atom. The molecule has 7 heteroatoms. The molecule has 24 heavy (non-hydrogen) atoms. The number of carbonyl (C=O) groups is 2. The number of benzene rings is 1. The van der Waals surface area contributed by atoms with Gasteiger partial charge in [0, 0.05) is 24.2 Å². The maximum atomic E-state index is 12.1. The molecule has 0 radical (unpaired) electrons. The summed E-state index contributed by atoms with van der Waals surface area (Å²) < 4.78 is 6.89. The van der Waals surface area contributed by atoms with Crippen molar-refractivity contribution < 1.29 is 14.0 Å². The van der Waals surface area contributed by atoms with E-state index in [0.717, 1.165) is 5.56 Å². The molecule has 0 saturated heterocycles. The zero-order valence-corrected chi connectivity index (χ0v) is 13.7. The van der Waals surface area contributed by atoms with E-state index in [1.807, 2.05) is 34.3 Å². The second kappa shape index (κ2) is 7.10. The molecular weight excluding hydrogens is 326 g/mol. The van der Waals surface area contributed by atoms with Crippen LogP contribution in [0.1, 0.15) is 26.5 Å². The van der Waals surface area contributed by atoms with Crippen molar-refractivity contribution in [3.05, 3.63) is 75.9 Å². The first-order chi connectivity index (χ1) is 11.7. The Hall–Kier alpha value is -2.93. The zero-order valence-electron chi connectivity index (χ0n) is 12.9. The third-order valence-corrected chi connectivity index (χ3v) is 4.21. The van der Waals surface area contributed by atoms with Crippen LogP contribution in [-0.4, -0.2) is 23.4 Å². The Balaban J connectivity index is 1.93. The van der Waals surface area contributed by atoms with Crippen LogP contribution in [-0.2, 0) is 6.54 Å². The molecule has 0 spiro atoms. The van der Waals surface area contributed by atoms with Gasteiger partial charge in [-0.05, 0) is 23.8 Å². The molecule has 6 nitrogen and oxygen atoms in total. The molecule has 0 aliphatic carbocycles. The molecule has 3 rings (SSSR count). The standard InChI is InChI=1S/C17H15N3O3S/c1-18-15(21)13-6-3-2-5-12(13)11-20-8-10-24-17(20)19-16(22)14-7-4-9-23-14/h2-10H,11H2,1H3,(H,18,21). The summed E-state index contributed by atoms with van der Waals surface area (Å²) in [5, 5.41) is 4.48. The van der Waals surface area contributed by atoms with Crippen molar-refractivity contribution in [2.75, 3.05) is 7.05 Å². The van der Waals surface area contributed by atoms with Gasteiger partial charge in [-0.1, -0.05) is 18.2 Å². The van der Waals surface area contributed by atoms with Crippen LogP contribution in [0.2, 0.25) is 0 Å². The molecule has 1 aromatic carbocycles. The summed E-state index contributed by atoms with van der Waals surface area (Å²) in [6.07, 6.45) is 3.27. The quantitative estimate of drug-likeness (QED) is 0.791. The minimum Gasteiger partial charge on any atom is -0.459 e. The van der Waals surface area contributed by atoms with Gasteiger partial charge in [0.05, 0.1) is 12.8 Å². The fourth-order valence-corrected chi connectivity index (χ4v) is 2.97. The van der Waals surface area contributed by atoms with Gasteiger partial charge in [-0.25, -0.2) is 0 Å². The van der Waals surface area contributed by atoms with Gasteiger partial charge in [-0.15, -0.1) is 11.3 Å². The maximum Gasteiger partial charge on any atom is 0.315 e. The van der Waals surface area contributed by atoms with E-state index in [9.17, 15) is 9.59 Å². The number of hydrogen-bond acceptors (Lipinski definition) is 4. The van der Waals surface area contributed by atoms with Gasteiger partial charge in [0.1, 0.15) is 0 Å². The van der Waals surface area contributed by atoms with E-state index in [0.29, 0.717) is 16.9 Å². The maximum absolute atomic E-state index is 12.1. The Kier molecular flexibility index (Phi) is 4.72. The number of nitrogens with one attached hydrogen (secondary N) is 1. The second-order valence-corrected chi connectivity index (χ2v) is 5.82. The van der Waals surface area contributed by atoms with Gasteiger partial charge < -0.3 is 14.3 Å². The number of rotatable bonds is 4. The summed E-state index contributed by atoms with van der Waals surface area (Å²) >= 11 is 1.35. The number of furan rings is 1. The average Bonchev–Trinajstić information content (AvgIpc) is 3.27. The van der Waals surface area contributed by atoms with Gasteiger partial charge in [-0.2, -0.15) is 4.99 Å². The van der Waals surface area contributed by atoms with Crippen molar-refractivity contribution in [2.24, 2.45) is 4.99 Å². The molecular formula is C17H15N3O3S. The summed E-state index contributed by atoms with van der Waals surface area (Å²) in [6, 6.07) is 10.6. The van der Waals surface area contributed by atoms with Crippen LogP contribution >= 0.6 is 11.3 Å². The van der Waals surface area contributed by atoms with E-state index in [2.05, 4.69) is 10.3 Å². The van der Waals surface area contributed by atoms with Gasteiger partial charge in [-0.3, -0.25) is 9.59 Å². The van der Waals surface area contributed by atoms with E-state index in [4.69, 9.17) is 4.42 Å². The zero-order chi connectivity index (χ0) is 16.9. The van der Waals surface area contributed by atoms with Crippen LogP contribution in [0, 0.1) is 0 Å². The van der Waals surface area contributed by atoms with E-state index in [1.54, 1.807) is 25.2 Å². The Morgan fingerprint density at radius 2 is 2.08 bits per heavy atom. The Labute approximate surface area is 142 Å². The highest BCUT2D eigenvalue weighted by Crippen LogP contribution is 2.10. The minimum absolute atomic E-state index is 0.147. The first-order valence-electron chi connectivity index (χ1n) is 7.25. The predicted molar refractivity (Wildman–Crippen MR) is 89.8 cm³/mol. The predicted octanol–water partition coefficient (Wildman–Crippen LogP) is 2.29. The third kappa shape index (κ3) is 3.36. The first-order valence-corrected chi connectivity index (χ1v) is 8.13. The SMILES string of the molecule is CNC(=O)c1ccccc1Cn1ccsc1=NC(=O)c1ccco1. The summed E-state index contributed by atoms with van der Waals surface area (Å²) in [4.78, 5) is 28.7. The van der Waals surface area contributed by atoms with Crippen molar-refractivity contribution in [2.45, 2.75) is 6.54 Å². The van der Waals surface area contributed by atoms with Crippen LogP contribution < -0.4 is 10.1 Å². The summed E-state index contributed by atoms with van der Waals surface area (Å²) in [5.74, 6) is -0.386. The van der Waals surface area contributed by atoms with Crippen LogP contribution in [0.25, 0.3) is 0 Å². The van der Waals surface area contributed by atoms with Crippen molar-refractivity contribution in [3.8, 4) is 0 Å². The highest BCUT2D eigenvalue weighted by molar-refractivity contribution is 7.07. The summed E-state index contributed by atoms with van der Waals surface area (Å²) in [5.41, 5.74) is 1.45. The van der Waals surface area contributed by atoms with Crippen molar-refractivity contribution in [3.63, 3.8) is 0 Å². The second-order valence-electron chi connectivity index (χ2n) is 4.94. The van der Waals surface area contributed by atoms with E-state index in [1.165, 1.54) is 17.6 Å². The number of thiazole rings is 1. The van der Waals surface area contributed by atoms with Gasteiger partial charge in [0.15, 0.2) is 10.6 Å². The van der Waals surface area contributed by atoms with Crippen molar-refractivity contribution in [1.82, 2.24) is 9.88 Å². The lowest BCUT2D eigenvalue weighted by atomic mass is 10.1. The molecule has 3 aromatic rings. The molecule has 0 atom stereocenters.